The predicted octanol–water partition coefficient (Wildman–Crippen LogP) is 4.59. The van der Waals surface area contributed by atoms with Crippen molar-refractivity contribution in [3.8, 4) is 5.82 Å². The van der Waals surface area contributed by atoms with Crippen LogP contribution >= 0.6 is 0 Å². The SMILES string of the molecule is C=C1CCCCC1.CNC(=O)c1cn(-c2ccnc(C)n2)c2ccc(F)cc12.O=CN1CCn2ccnc2C1. The molecule has 1 aliphatic heterocycles. The molecule has 0 spiro atoms. The number of amides is 2. The van der Waals surface area contributed by atoms with Crippen LogP contribution in [-0.4, -0.2) is 54.9 Å². The van der Waals surface area contributed by atoms with Crippen molar-refractivity contribution < 1.29 is 14.0 Å². The number of imidazole rings is 1. The highest BCUT2D eigenvalue weighted by Crippen LogP contribution is 2.25. The summed E-state index contributed by atoms with van der Waals surface area (Å²) in [6.07, 6.45) is 14.7. The summed E-state index contributed by atoms with van der Waals surface area (Å²) < 4.78 is 17.3. The van der Waals surface area contributed by atoms with Gasteiger partial charge >= 0.3 is 0 Å². The summed E-state index contributed by atoms with van der Waals surface area (Å²) in [5, 5.41) is 3.11. The Morgan fingerprint density at radius 3 is 2.56 bits per heavy atom. The molecule has 0 saturated heterocycles. The van der Waals surface area contributed by atoms with E-state index in [0.29, 0.717) is 34.7 Å². The zero-order chi connectivity index (χ0) is 27.8. The third kappa shape index (κ3) is 6.95. The first kappa shape index (κ1) is 27.7. The number of halogens is 1. The molecular weight excluding hydrogens is 497 g/mol. The Kier molecular flexibility index (Phi) is 9.19. The smallest absolute Gasteiger partial charge is 0.253 e. The second-order valence-electron chi connectivity index (χ2n) is 9.54. The fourth-order valence-corrected chi connectivity index (χ4v) is 4.62. The fraction of sp³-hybridized carbons (Fsp3) is 0.345. The van der Waals surface area contributed by atoms with E-state index in [1.165, 1.54) is 49.8 Å². The topological polar surface area (TPSA) is 97.9 Å². The van der Waals surface area contributed by atoms with Gasteiger partial charge in [-0.3, -0.25) is 9.59 Å². The number of allylic oxidation sites excluding steroid dienone is 1. The largest absolute Gasteiger partial charge is 0.355 e. The highest BCUT2D eigenvalue weighted by atomic mass is 19.1. The number of fused-ring (bicyclic) bond motifs is 2. The van der Waals surface area contributed by atoms with Crippen molar-refractivity contribution in [1.29, 1.82) is 0 Å². The Morgan fingerprint density at radius 1 is 1.10 bits per heavy atom. The van der Waals surface area contributed by atoms with Gasteiger partial charge in [0.05, 0.1) is 17.6 Å². The van der Waals surface area contributed by atoms with Gasteiger partial charge in [0.1, 0.15) is 23.3 Å². The molecule has 1 aliphatic carbocycles. The zero-order valence-electron chi connectivity index (χ0n) is 22.4. The van der Waals surface area contributed by atoms with Crippen LogP contribution in [0.1, 0.15) is 54.1 Å². The predicted molar refractivity (Wildman–Crippen MR) is 148 cm³/mol. The average molecular weight is 532 g/mol. The minimum absolute atomic E-state index is 0.268. The number of carbonyl (C=O) groups is 2. The molecule has 4 aromatic rings. The third-order valence-electron chi connectivity index (χ3n) is 6.73. The molecular formula is C29H34FN7O2. The summed E-state index contributed by atoms with van der Waals surface area (Å²) in [5.41, 5.74) is 2.59. The van der Waals surface area contributed by atoms with Crippen molar-refractivity contribution >= 4 is 23.2 Å². The van der Waals surface area contributed by atoms with Gasteiger partial charge in [0.15, 0.2) is 0 Å². The van der Waals surface area contributed by atoms with Crippen LogP contribution in [-0.2, 0) is 17.9 Å². The van der Waals surface area contributed by atoms with E-state index in [1.807, 2.05) is 6.20 Å². The van der Waals surface area contributed by atoms with Gasteiger partial charge in [0.2, 0.25) is 6.41 Å². The lowest BCUT2D eigenvalue weighted by molar-refractivity contribution is -0.119. The molecule has 2 aliphatic rings. The quantitative estimate of drug-likeness (QED) is 0.308. The first-order chi connectivity index (χ1) is 18.9. The standard InChI is InChI=1S/C15H13FN4O.C7H9N3O.C7H12/c1-9-18-6-5-14(19-9)20-8-12(15(21)17-2)11-7-10(16)3-4-13(11)20;11-6-9-3-4-10-2-1-8-7(10)5-9;1-7-5-3-2-4-6-7/h3-8H,1-2H3,(H,17,21);1-2,6H,3-5H2;1-6H2. The summed E-state index contributed by atoms with van der Waals surface area (Å²) in [5.74, 6) is 1.58. The van der Waals surface area contributed by atoms with Gasteiger partial charge in [-0.15, -0.1) is 0 Å². The van der Waals surface area contributed by atoms with E-state index in [1.54, 1.807) is 54.2 Å². The Balaban J connectivity index is 0.000000162. The summed E-state index contributed by atoms with van der Waals surface area (Å²) in [6.45, 7) is 8.02. The molecule has 0 unspecified atom stereocenters. The number of hydrogen-bond acceptors (Lipinski definition) is 5. The molecule has 3 aromatic heterocycles. The molecule has 1 fully saturated rings. The number of carbonyl (C=O) groups excluding carboxylic acids is 2. The molecule has 1 aromatic carbocycles. The number of rotatable bonds is 3. The number of nitrogens with one attached hydrogen (secondary N) is 1. The maximum Gasteiger partial charge on any atom is 0.253 e. The minimum atomic E-state index is -0.385. The molecule has 0 bridgehead atoms. The molecule has 0 atom stereocenters. The number of nitrogens with zero attached hydrogens (tertiary/aromatic N) is 6. The molecule has 1 saturated carbocycles. The van der Waals surface area contributed by atoms with Crippen LogP contribution in [0.2, 0.25) is 0 Å². The Morgan fingerprint density at radius 2 is 1.90 bits per heavy atom. The van der Waals surface area contributed by atoms with E-state index in [0.717, 1.165) is 25.3 Å². The van der Waals surface area contributed by atoms with Crippen molar-refractivity contribution in [3.63, 3.8) is 0 Å². The molecule has 204 valence electrons. The van der Waals surface area contributed by atoms with Crippen molar-refractivity contribution in [2.45, 2.75) is 52.1 Å². The third-order valence-corrected chi connectivity index (χ3v) is 6.73. The van der Waals surface area contributed by atoms with Crippen LogP contribution in [0.5, 0.6) is 0 Å². The van der Waals surface area contributed by atoms with E-state index in [4.69, 9.17) is 0 Å². The van der Waals surface area contributed by atoms with E-state index in [-0.39, 0.29) is 11.7 Å². The Labute approximate surface area is 227 Å². The number of aromatic nitrogens is 5. The van der Waals surface area contributed by atoms with Gasteiger partial charge in [-0.2, -0.15) is 0 Å². The minimum Gasteiger partial charge on any atom is -0.355 e. The molecule has 9 nitrogen and oxygen atoms in total. The van der Waals surface area contributed by atoms with Crippen LogP contribution in [0.25, 0.3) is 16.7 Å². The van der Waals surface area contributed by atoms with Crippen LogP contribution in [0.4, 0.5) is 4.39 Å². The van der Waals surface area contributed by atoms with Crippen molar-refractivity contribution in [3.05, 3.63) is 84.2 Å². The van der Waals surface area contributed by atoms with Crippen molar-refractivity contribution in [1.82, 2.24) is 34.3 Å². The molecule has 39 heavy (non-hydrogen) atoms. The maximum absolute atomic E-state index is 13.5. The van der Waals surface area contributed by atoms with Crippen LogP contribution < -0.4 is 5.32 Å². The van der Waals surface area contributed by atoms with Crippen LogP contribution in [0.3, 0.4) is 0 Å². The summed E-state index contributed by atoms with van der Waals surface area (Å²) in [7, 11) is 1.54. The van der Waals surface area contributed by atoms with Gasteiger partial charge in [-0.1, -0.05) is 18.6 Å². The van der Waals surface area contributed by atoms with Crippen LogP contribution in [0.15, 0.2) is 61.2 Å². The maximum atomic E-state index is 13.5. The number of aryl methyl sites for hydroxylation is 1. The van der Waals surface area contributed by atoms with E-state index in [2.05, 4.69) is 31.4 Å². The zero-order valence-corrected chi connectivity index (χ0v) is 22.4. The van der Waals surface area contributed by atoms with Crippen molar-refractivity contribution in [2.75, 3.05) is 13.6 Å². The van der Waals surface area contributed by atoms with Crippen LogP contribution in [0, 0.1) is 12.7 Å². The monoisotopic (exact) mass is 531 g/mol. The lowest BCUT2D eigenvalue weighted by Gasteiger charge is -2.23. The molecule has 2 amide bonds. The normalized spacial score (nSPS) is 14.4. The summed E-state index contributed by atoms with van der Waals surface area (Å²) in [4.78, 5) is 36.6. The van der Waals surface area contributed by atoms with Gasteiger partial charge in [-0.05, 0) is 56.9 Å². The average Bonchev–Trinajstić information content (AvgIpc) is 3.58. The highest BCUT2D eigenvalue weighted by Gasteiger charge is 2.16. The fourth-order valence-electron chi connectivity index (χ4n) is 4.62. The van der Waals surface area contributed by atoms with Gasteiger partial charge in [0, 0.05) is 50.3 Å². The van der Waals surface area contributed by atoms with Gasteiger partial charge in [-0.25, -0.2) is 19.3 Å². The summed E-state index contributed by atoms with van der Waals surface area (Å²) in [6, 6.07) is 6.09. The van der Waals surface area contributed by atoms with Gasteiger partial charge < -0.3 is 19.4 Å². The first-order valence-electron chi connectivity index (χ1n) is 13.1. The molecule has 0 radical (unpaired) electrons. The molecule has 10 heteroatoms. The summed E-state index contributed by atoms with van der Waals surface area (Å²) >= 11 is 0. The van der Waals surface area contributed by atoms with E-state index >= 15 is 0 Å². The number of benzene rings is 1. The Bertz CT molecular complexity index is 1450. The number of hydrogen-bond donors (Lipinski definition) is 1. The second-order valence-corrected chi connectivity index (χ2v) is 9.54. The first-order valence-corrected chi connectivity index (χ1v) is 13.1. The Hall–Kier alpha value is -4.34. The van der Waals surface area contributed by atoms with Crippen molar-refractivity contribution in [2.24, 2.45) is 0 Å². The van der Waals surface area contributed by atoms with E-state index < -0.39 is 0 Å². The molecule has 1 N–H and O–H groups in total. The second kappa shape index (κ2) is 12.9. The lowest BCUT2D eigenvalue weighted by atomic mass is 9.97. The van der Waals surface area contributed by atoms with Gasteiger partial charge in [0.25, 0.3) is 5.91 Å². The highest BCUT2D eigenvalue weighted by molar-refractivity contribution is 6.07. The molecule has 4 heterocycles. The van der Waals surface area contributed by atoms with E-state index in [9.17, 15) is 14.0 Å². The lowest BCUT2D eigenvalue weighted by Crippen LogP contribution is -2.32. The molecule has 6 rings (SSSR count).